The Balaban J connectivity index is 2.85. The average Bonchev–Trinajstić information content (AvgIpc) is 2.44. The van der Waals surface area contributed by atoms with Gasteiger partial charge in [0.05, 0.1) is 20.1 Å². The Hall–Kier alpha value is -1.92. The fraction of sp³-hybridized carbons (Fsp3) is 0.533. The Labute approximate surface area is 127 Å². The average molecular weight is 320 g/mol. The summed E-state index contributed by atoms with van der Waals surface area (Å²) in [5, 5.41) is 0. The molecule has 0 amide bonds. The van der Waals surface area contributed by atoms with E-state index in [1.54, 1.807) is 6.07 Å². The van der Waals surface area contributed by atoms with Crippen molar-refractivity contribution < 1.29 is 32.2 Å². The molecule has 0 saturated heterocycles. The number of unbranched alkanes of at least 4 members (excludes halogenated alkanes) is 1. The van der Waals surface area contributed by atoms with Crippen molar-refractivity contribution >= 4 is 5.97 Å². The van der Waals surface area contributed by atoms with E-state index in [0.29, 0.717) is 17.9 Å². The van der Waals surface area contributed by atoms with E-state index in [9.17, 15) is 18.0 Å². The number of rotatable bonds is 8. The fourth-order valence-corrected chi connectivity index (χ4v) is 1.64. The van der Waals surface area contributed by atoms with Crippen LogP contribution in [0.5, 0.6) is 11.5 Å². The third kappa shape index (κ3) is 7.19. The van der Waals surface area contributed by atoms with Gasteiger partial charge in [0, 0.05) is 6.07 Å². The number of halogens is 3. The van der Waals surface area contributed by atoms with Crippen LogP contribution in [0, 0.1) is 0 Å². The van der Waals surface area contributed by atoms with Crippen molar-refractivity contribution in [3.8, 4) is 11.5 Å². The molecule has 0 aromatic heterocycles. The lowest BCUT2D eigenvalue weighted by Crippen LogP contribution is -2.19. The molecule has 0 radical (unpaired) electrons. The van der Waals surface area contributed by atoms with Gasteiger partial charge in [0.2, 0.25) is 0 Å². The van der Waals surface area contributed by atoms with Crippen molar-refractivity contribution in [1.29, 1.82) is 0 Å². The van der Waals surface area contributed by atoms with Crippen molar-refractivity contribution in [3.05, 3.63) is 23.8 Å². The summed E-state index contributed by atoms with van der Waals surface area (Å²) in [4.78, 5) is 11.3. The molecule has 0 fully saturated rings. The van der Waals surface area contributed by atoms with Crippen LogP contribution in [0.1, 0.15) is 25.3 Å². The first-order valence-corrected chi connectivity index (χ1v) is 6.87. The second-order valence-electron chi connectivity index (χ2n) is 4.67. The molecule has 4 nitrogen and oxygen atoms in total. The van der Waals surface area contributed by atoms with Gasteiger partial charge < -0.3 is 14.2 Å². The van der Waals surface area contributed by atoms with E-state index in [1.165, 1.54) is 19.2 Å². The zero-order valence-electron chi connectivity index (χ0n) is 12.5. The highest BCUT2D eigenvalue weighted by molar-refractivity contribution is 5.72. The van der Waals surface area contributed by atoms with Gasteiger partial charge in [-0.25, -0.2) is 0 Å². The predicted octanol–water partition coefficient (Wildman–Crippen LogP) is 3.52. The summed E-state index contributed by atoms with van der Waals surface area (Å²) in [5.74, 6) is -0.121. The maximum absolute atomic E-state index is 12.2. The third-order valence-corrected chi connectivity index (χ3v) is 2.69. The summed E-state index contributed by atoms with van der Waals surface area (Å²) in [6.07, 6.45) is -2.75. The molecular formula is C15H19F3O4. The summed E-state index contributed by atoms with van der Waals surface area (Å²) in [6, 6.07) is 4.34. The van der Waals surface area contributed by atoms with E-state index in [1.807, 2.05) is 6.92 Å². The molecule has 124 valence electrons. The molecule has 0 aliphatic carbocycles. The number of methoxy groups -OCH3 is 1. The molecule has 22 heavy (non-hydrogen) atoms. The van der Waals surface area contributed by atoms with Crippen LogP contribution in [0.2, 0.25) is 0 Å². The van der Waals surface area contributed by atoms with E-state index < -0.39 is 18.8 Å². The van der Waals surface area contributed by atoms with Crippen molar-refractivity contribution in [2.24, 2.45) is 0 Å². The smallest absolute Gasteiger partial charge is 0.422 e. The molecule has 0 aliphatic rings. The summed E-state index contributed by atoms with van der Waals surface area (Å²) in [7, 11) is 1.24. The molecule has 0 saturated carbocycles. The van der Waals surface area contributed by atoms with Gasteiger partial charge >= 0.3 is 12.1 Å². The molecule has 0 N–H and O–H groups in total. The molecule has 0 bridgehead atoms. The largest absolute Gasteiger partial charge is 0.493 e. The Morgan fingerprint density at radius 2 is 1.77 bits per heavy atom. The standard InChI is InChI=1S/C15H19F3O4/c1-3-4-5-21-12-6-11(8-14(19)20-2)7-13(9-12)22-10-15(16,17)18/h6-7,9H,3-5,8,10H2,1-2H3. The lowest BCUT2D eigenvalue weighted by Gasteiger charge is -2.13. The zero-order chi connectivity index (χ0) is 16.6. The van der Waals surface area contributed by atoms with E-state index in [0.717, 1.165) is 12.8 Å². The first-order chi connectivity index (χ1) is 10.3. The molecule has 0 aliphatic heterocycles. The Bertz CT molecular complexity index is 486. The monoisotopic (exact) mass is 320 g/mol. The molecular weight excluding hydrogens is 301 g/mol. The van der Waals surface area contributed by atoms with Gasteiger partial charge in [-0.1, -0.05) is 13.3 Å². The van der Waals surface area contributed by atoms with Crippen LogP contribution in [-0.4, -0.2) is 32.5 Å². The number of hydrogen-bond acceptors (Lipinski definition) is 4. The van der Waals surface area contributed by atoms with E-state index in [4.69, 9.17) is 9.47 Å². The zero-order valence-corrected chi connectivity index (χ0v) is 12.5. The normalized spacial score (nSPS) is 11.1. The third-order valence-electron chi connectivity index (χ3n) is 2.69. The van der Waals surface area contributed by atoms with Crippen molar-refractivity contribution in [2.75, 3.05) is 20.3 Å². The number of hydrogen-bond donors (Lipinski definition) is 0. The second kappa shape index (κ2) is 8.51. The number of carbonyl (C=O) groups excluding carboxylic acids is 1. The van der Waals surface area contributed by atoms with Crippen LogP contribution in [0.4, 0.5) is 13.2 Å². The first-order valence-electron chi connectivity index (χ1n) is 6.87. The van der Waals surface area contributed by atoms with Gasteiger partial charge in [0.25, 0.3) is 0 Å². The van der Waals surface area contributed by atoms with Gasteiger partial charge in [0.1, 0.15) is 11.5 Å². The minimum absolute atomic E-state index is 0.00484. The number of alkyl halides is 3. The predicted molar refractivity (Wildman–Crippen MR) is 74.1 cm³/mol. The molecule has 1 aromatic rings. The maximum Gasteiger partial charge on any atom is 0.422 e. The van der Waals surface area contributed by atoms with E-state index >= 15 is 0 Å². The van der Waals surface area contributed by atoms with Gasteiger partial charge in [-0.2, -0.15) is 13.2 Å². The molecule has 0 spiro atoms. The number of carbonyl (C=O) groups is 1. The first kappa shape index (κ1) is 18.1. The molecule has 1 rings (SSSR count). The van der Waals surface area contributed by atoms with Gasteiger partial charge in [-0.15, -0.1) is 0 Å². The number of esters is 1. The van der Waals surface area contributed by atoms with Gasteiger partial charge in [0.15, 0.2) is 6.61 Å². The fourth-order valence-electron chi connectivity index (χ4n) is 1.64. The summed E-state index contributed by atoms with van der Waals surface area (Å²) in [5.41, 5.74) is 0.470. The van der Waals surface area contributed by atoms with Crippen LogP contribution in [-0.2, 0) is 16.0 Å². The highest BCUT2D eigenvalue weighted by Crippen LogP contribution is 2.26. The summed E-state index contributed by atoms with van der Waals surface area (Å²) >= 11 is 0. The molecule has 0 heterocycles. The SMILES string of the molecule is CCCCOc1cc(CC(=O)OC)cc(OCC(F)(F)F)c1. The molecule has 1 aromatic carbocycles. The van der Waals surface area contributed by atoms with Crippen molar-refractivity contribution in [1.82, 2.24) is 0 Å². The van der Waals surface area contributed by atoms with Crippen LogP contribution in [0.25, 0.3) is 0 Å². The Morgan fingerprint density at radius 1 is 1.14 bits per heavy atom. The Morgan fingerprint density at radius 3 is 2.32 bits per heavy atom. The van der Waals surface area contributed by atoms with Crippen LogP contribution in [0.3, 0.4) is 0 Å². The molecule has 0 atom stereocenters. The van der Waals surface area contributed by atoms with Crippen LogP contribution < -0.4 is 9.47 Å². The van der Waals surface area contributed by atoms with Gasteiger partial charge in [-0.3, -0.25) is 4.79 Å². The lowest BCUT2D eigenvalue weighted by atomic mass is 10.1. The highest BCUT2D eigenvalue weighted by atomic mass is 19.4. The maximum atomic E-state index is 12.2. The minimum Gasteiger partial charge on any atom is -0.493 e. The Kier molecular flexibility index (Phi) is 7.01. The highest BCUT2D eigenvalue weighted by Gasteiger charge is 2.28. The summed E-state index contributed by atoms with van der Waals surface area (Å²) < 4.78 is 51.4. The van der Waals surface area contributed by atoms with E-state index in [2.05, 4.69) is 4.74 Å². The summed E-state index contributed by atoms with van der Waals surface area (Å²) in [6.45, 7) is 1.04. The van der Waals surface area contributed by atoms with Crippen molar-refractivity contribution in [3.63, 3.8) is 0 Å². The molecule has 7 heteroatoms. The topological polar surface area (TPSA) is 44.8 Å². The molecule has 0 unspecified atom stereocenters. The van der Waals surface area contributed by atoms with E-state index in [-0.39, 0.29) is 12.2 Å². The quantitative estimate of drug-likeness (QED) is 0.543. The number of benzene rings is 1. The van der Waals surface area contributed by atoms with Crippen LogP contribution >= 0.6 is 0 Å². The van der Waals surface area contributed by atoms with Gasteiger partial charge in [-0.05, 0) is 24.1 Å². The number of ether oxygens (including phenoxy) is 3. The second-order valence-corrected chi connectivity index (χ2v) is 4.67. The lowest BCUT2D eigenvalue weighted by molar-refractivity contribution is -0.153. The minimum atomic E-state index is -4.43. The van der Waals surface area contributed by atoms with Crippen LogP contribution in [0.15, 0.2) is 18.2 Å². The van der Waals surface area contributed by atoms with Crippen molar-refractivity contribution in [2.45, 2.75) is 32.4 Å².